The van der Waals surface area contributed by atoms with Crippen LogP contribution in [0.1, 0.15) is 15.9 Å². The number of hydrogen-bond donors (Lipinski definition) is 1. The minimum atomic E-state index is 0.00883. The Hall–Kier alpha value is -1.81. The Balaban J connectivity index is 2.09. The van der Waals surface area contributed by atoms with Crippen molar-refractivity contribution in [2.45, 2.75) is 6.54 Å². The zero-order valence-corrected chi connectivity index (χ0v) is 13.1. The highest BCUT2D eigenvalue weighted by Gasteiger charge is 2.08. The lowest BCUT2D eigenvalue weighted by Crippen LogP contribution is -2.21. The van der Waals surface area contributed by atoms with Crippen LogP contribution >= 0.6 is 15.9 Å². The largest absolute Gasteiger partial charge is 0.381 e. The normalized spacial score (nSPS) is 10.2. The molecule has 2 aromatic rings. The average Bonchev–Trinajstić information content (AvgIpc) is 2.46. The molecule has 4 heteroatoms. The van der Waals surface area contributed by atoms with Crippen LogP contribution in [0.2, 0.25) is 0 Å². The highest BCUT2D eigenvalue weighted by Crippen LogP contribution is 2.18. The molecule has 1 amide bonds. The van der Waals surface area contributed by atoms with E-state index >= 15 is 0 Å². The minimum absolute atomic E-state index is 0.00883. The van der Waals surface area contributed by atoms with Crippen molar-refractivity contribution in [3.8, 4) is 0 Å². The third kappa shape index (κ3) is 3.61. The van der Waals surface area contributed by atoms with Gasteiger partial charge in [0.05, 0.1) is 0 Å². The molecule has 104 valence electrons. The van der Waals surface area contributed by atoms with Crippen molar-refractivity contribution in [3.05, 3.63) is 64.1 Å². The first kappa shape index (κ1) is 14.6. The Morgan fingerprint density at radius 1 is 1.15 bits per heavy atom. The number of nitrogens with one attached hydrogen (secondary N) is 1. The first-order chi connectivity index (χ1) is 9.58. The Morgan fingerprint density at radius 3 is 2.60 bits per heavy atom. The summed E-state index contributed by atoms with van der Waals surface area (Å²) in [4.78, 5) is 13.5. The lowest BCUT2D eigenvalue weighted by molar-refractivity contribution is 0.0827. The van der Waals surface area contributed by atoms with Crippen LogP contribution in [0.3, 0.4) is 0 Å². The maximum Gasteiger partial charge on any atom is 0.253 e. The third-order valence-electron chi connectivity index (χ3n) is 2.96. The smallest absolute Gasteiger partial charge is 0.253 e. The van der Waals surface area contributed by atoms with Gasteiger partial charge in [-0.15, -0.1) is 0 Å². The number of amides is 1. The van der Waals surface area contributed by atoms with Gasteiger partial charge in [0.1, 0.15) is 0 Å². The first-order valence-electron chi connectivity index (χ1n) is 6.37. The van der Waals surface area contributed by atoms with Gasteiger partial charge in [-0.3, -0.25) is 4.79 Å². The lowest BCUT2D eigenvalue weighted by atomic mass is 10.1. The monoisotopic (exact) mass is 332 g/mol. The number of benzene rings is 2. The number of hydrogen-bond acceptors (Lipinski definition) is 2. The molecule has 20 heavy (non-hydrogen) atoms. The van der Waals surface area contributed by atoms with Crippen molar-refractivity contribution in [3.63, 3.8) is 0 Å². The van der Waals surface area contributed by atoms with Crippen LogP contribution in [0, 0.1) is 0 Å². The van der Waals surface area contributed by atoms with Crippen LogP contribution in [-0.4, -0.2) is 24.9 Å². The molecule has 0 aromatic heterocycles. The second-order valence-electron chi connectivity index (χ2n) is 4.73. The Morgan fingerprint density at radius 2 is 1.90 bits per heavy atom. The quantitative estimate of drug-likeness (QED) is 0.924. The molecule has 0 atom stereocenters. The molecule has 2 rings (SSSR count). The summed E-state index contributed by atoms with van der Waals surface area (Å²) in [6.07, 6.45) is 0. The molecular weight excluding hydrogens is 316 g/mol. The molecule has 1 N–H and O–H groups in total. The molecule has 0 aliphatic rings. The topological polar surface area (TPSA) is 32.3 Å². The van der Waals surface area contributed by atoms with Gasteiger partial charge in [-0.25, -0.2) is 0 Å². The van der Waals surface area contributed by atoms with Crippen LogP contribution in [-0.2, 0) is 6.54 Å². The minimum Gasteiger partial charge on any atom is -0.381 e. The van der Waals surface area contributed by atoms with Crippen LogP contribution < -0.4 is 5.32 Å². The summed E-state index contributed by atoms with van der Waals surface area (Å²) in [5, 5.41) is 3.34. The highest BCUT2D eigenvalue weighted by molar-refractivity contribution is 9.10. The fourth-order valence-corrected chi connectivity index (χ4v) is 2.28. The van der Waals surface area contributed by atoms with Gasteiger partial charge in [0.2, 0.25) is 0 Å². The van der Waals surface area contributed by atoms with E-state index in [9.17, 15) is 4.79 Å². The summed E-state index contributed by atoms with van der Waals surface area (Å²) >= 11 is 3.53. The van der Waals surface area contributed by atoms with Crippen molar-refractivity contribution >= 4 is 27.5 Å². The van der Waals surface area contributed by atoms with Crippen molar-refractivity contribution in [1.82, 2.24) is 4.90 Å². The molecule has 2 aromatic carbocycles. The van der Waals surface area contributed by atoms with Gasteiger partial charge in [-0.2, -0.15) is 0 Å². The number of nitrogens with zero attached hydrogens (tertiary/aromatic N) is 1. The second-order valence-corrected chi connectivity index (χ2v) is 5.58. The molecule has 0 unspecified atom stereocenters. The molecule has 0 fully saturated rings. The molecule has 0 aliphatic carbocycles. The van der Waals surface area contributed by atoms with Gasteiger partial charge in [0, 0.05) is 36.4 Å². The number of halogens is 1. The zero-order valence-electron chi connectivity index (χ0n) is 11.6. The molecule has 0 spiro atoms. The van der Waals surface area contributed by atoms with Gasteiger partial charge in [-0.05, 0) is 29.8 Å². The number of carbonyl (C=O) groups excluding carboxylic acids is 1. The van der Waals surface area contributed by atoms with Crippen molar-refractivity contribution in [1.29, 1.82) is 0 Å². The van der Waals surface area contributed by atoms with E-state index in [2.05, 4.69) is 27.3 Å². The molecule has 0 bridgehead atoms. The SMILES string of the molecule is CN(C)C(=O)c1cccc(NCc2ccccc2Br)c1. The zero-order chi connectivity index (χ0) is 14.5. The molecule has 3 nitrogen and oxygen atoms in total. The van der Waals surface area contributed by atoms with Gasteiger partial charge in [0.15, 0.2) is 0 Å². The second kappa shape index (κ2) is 6.57. The van der Waals surface area contributed by atoms with Crippen LogP contribution in [0.15, 0.2) is 53.0 Å². The van der Waals surface area contributed by atoms with Crippen LogP contribution in [0.25, 0.3) is 0 Å². The molecule has 0 aliphatic heterocycles. The van der Waals surface area contributed by atoms with Crippen molar-refractivity contribution in [2.24, 2.45) is 0 Å². The molecule has 0 radical (unpaired) electrons. The van der Waals surface area contributed by atoms with E-state index in [1.807, 2.05) is 42.5 Å². The fraction of sp³-hybridized carbons (Fsp3) is 0.188. The van der Waals surface area contributed by atoms with Crippen molar-refractivity contribution in [2.75, 3.05) is 19.4 Å². The van der Waals surface area contributed by atoms with E-state index in [1.54, 1.807) is 19.0 Å². The van der Waals surface area contributed by atoms with E-state index in [0.717, 1.165) is 10.2 Å². The summed E-state index contributed by atoms with van der Waals surface area (Å²) < 4.78 is 1.08. The fourth-order valence-electron chi connectivity index (χ4n) is 1.86. The Labute approximate surface area is 127 Å². The van der Waals surface area contributed by atoms with E-state index in [0.29, 0.717) is 12.1 Å². The molecule has 0 heterocycles. The van der Waals surface area contributed by atoms with Gasteiger partial charge >= 0.3 is 0 Å². The van der Waals surface area contributed by atoms with E-state index in [1.165, 1.54) is 5.56 Å². The lowest BCUT2D eigenvalue weighted by Gasteiger charge is -2.12. The maximum absolute atomic E-state index is 11.9. The van der Waals surface area contributed by atoms with Gasteiger partial charge < -0.3 is 10.2 Å². The van der Waals surface area contributed by atoms with Crippen molar-refractivity contribution < 1.29 is 4.79 Å². The number of carbonyl (C=O) groups is 1. The Bertz CT molecular complexity index is 611. The van der Waals surface area contributed by atoms with E-state index in [-0.39, 0.29) is 5.91 Å². The van der Waals surface area contributed by atoms with Gasteiger partial charge in [-0.1, -0.05) is 40.2 Å². The predicted molar refractivity (Wildman–Crippen MR) is 85.9 cm³/mol. The maximum atomic E-state index is 11.9. The van der Waals surface area contributed by atoms with Gasteiger partial charge in [0.25, 0.3) is 5.91 Å². The molecule has 0 saturated heterocycles. The highest BCUT2D eigenvalue weighted by atomic mass is 79.9. The number of anilines is 1. The average molecular weight is 333 g/mol. The predicted octanol–water partition coefficient (Wildman–Crippen LogP) is 3.76. The Kier molecular flexibility index (Phi) is 4.79. The molecule has 0 saturated carbocycles. The summed E-state index contributed by atoms with van der Waals surface area (Å²) in [7, 11) is 3.51. The van der Waals surface area contributed by atoms with E-state index in [4.69, 9.17) is 0 Å². The third-order valence-corrected chi connectivity index (χ3v) is 3.73. The summed E-state index contributed by atoms with van der Waals surface area (Å²) in [6.45, 7) is 0.709. The number of rotatable bonds is 4. The molecular formula is C16H17BrN2O. The summed E-state index contributed by atoms with van der Waals surface area (Å²) in [5.41, 5.74) is 2.80. The standard InChI is InChI=1S/C16H17BrN2O/c1-19(2)16(20)12-7-5-8-14(10-12)18-11-13-6-3-4-9-15(13)17/h3-10,18H,11H2,1-2H3. The first-order valence-corrected chi connectivity index (χ1v) is 7.16. The van der Waals surface area contributed by atoms with Crippen LogP contribution in [0.5, 0.6) is 0 Å². The van der Waals surface area contributed by atoms with E-state index < -0.39 is 0 Å². The summed E-state index contributed by atoms with van der Waals surface area (Å²) in [6, 6.07) is 15.6. The summed E-state index contributed by atoms with van der Waals surface area (Å²) in [5.74, 6) is 0.00883. The van der Waals surface area contributed by atoms with Crippen LogP contribution in [0.4, 0.5) is 5.69 Å².